The second-order valence-corrected chi connectivity index (χ2v) is 7.74. The van der Waals surface area contributed by atoms with E-state index < -0.39 is 0 Å². The lowest BCUT2D eigenvalue weighted by atomic mass is 10.1. The quantitative estimate of drug-likeness (QED) is 0.642. The Morgan fingerprint density at radius 3 is 2.73 bits per heavy atom. The van der Waals surface area contributed by atoms with Crippen LogP contribution in [0.5, 0.6) is 0 Å². The molecule has 1 aromatic carbocycles. The van der Waals surface area contributed by atoms with E-state index in [2.05, 4.69) is 56.1 Å². The Labute approximate surface area is 161 Å². The molecule has 0 amide bonds. The van der Waals surface area contributed by atoms with E-state index in [1.165, 1.54) is 10.5 Å². The summed E-state index contributed by atoms with van der Waals surface area (Å²) in [4.78, 5) is 19.0. The van der Waals surface area contributed by atoms with Crippen LogP contribution in [-0.2, 0) is 6.54 Å². The van der Waals surface area contributed by atoms with Gasteiger partial charge in [0.15, 0.2) is 5.11 Å². The van der Waals surface area contributed by atoms with E-state index in [0.29, 0.717) is 17.7 Å². The van der Waals surface area contributed by atoms with Crippen molar-refractivity contribution in [1.82, 2.24) is 15.2 Å². The van der Waals surface area contributed by atoms with Crippen LogP contribution in [0.15, 0.2) is 29.1 Å². The predicted molar refractivity (Wildman–Crippen MR) is 113 cm³/mol. The standard InChI is InChI=1S/C20H30N4OS/c1-6-15(3)21-20(26)24(10-9-23(4)5)13-17-12-16-11-14(2)7-8-18(16)22-19(17)25/h7-8,11-12,15H,6,9-10,13H2,1-5H3,(H,21,26)(H,22,25)/p+1/t15-/m1/s1. The first kappa shape index (κ1) is 20.4. The van der Waals surface area contributed by atoms with E-state index in [1.807, 2.05) is 18.2 Å². The Hall–Kier alpha value is -1.92. The second-order valence-electron chi connectivity index (χ2n) is 7.35. The van der Waals surface area contributed by atoms with Gasteiger partial charge in [-0.25, -0.2) is 0 Å². The molecular formula is C20H31N4OS+. The fraction of sp³-hybridized carbons (Fsp3) is 0.500. The lowest BCUT2D eigenvalue weighted by Crippen LogP contribution is -3.06. The zero-order chi connectivity index (χ0) is 19.3. The van der Waals surface area contributed by atoms with E-state index in [4.69, 9.17) is 12.2 Å². The lowest BCUT2D eigenvalue weighted by molar-refractivity contribution is -0.857. The normalized spacial score (nSPS) is 12.4. The number of aryl methyl sites for hydroxylation is 1. The summed E-state index contributed by atoms with van der Waals surface area (Å²) in [5.41, 5.74) is 2.74. The number of benzene rings is 1. The molecule has 5 nitrogen and oxygen atoms in total. The molecule has 6 heteroatoms. The van der Waals surface area contributed by atoms with Gasteiger partial charge in [0.1, 0.15) is 0 Å². The molecule has 1 atom stereocenters. The summed E-state index contributed by atoms with van der Waals surface area (Å²) in [7, 11) is 4.24. The minimum Gasteiger partial charge on any atom is -0.360 e. The third kappa shape index (κ3) is 5.54. The first-order valence-electron chi connectivity index (χ1n) is 9.27. The largest absolute Gasteiger partial charge is 0.360 e. The van der Waals surface area contributed by atoms with Gasteiger partial charge < -0.3 is 20.1 Å². The van der Waals surface area contributed by atoms with Crippen molar-refractivity contribution in [2.75, 3.05) is 27.2 Å². The number of fused-ring (bicyclic) bond motifs is 1. The average molecular weight is 376 g/mol. The van der Waals surface area contributed by atoms with Gasteiger partial charge in [-0.3, -0.25) is 4.79 Å². The van der Waals surface area contributed by atoms with Crippen molar-refractivity contribution in [1.29, 1.82) is 0 Å². The molecule has 0 aliphatic rings. The molecule has 1 heterocycles. The van der Waals surface area contributed by atoms with Crippen LogP contribution in [-0.4, -0.2) is 48.2 Å². The average Bonchev–Trinajstić information content (AvgIpc) is 2.58. The Balaban J connectivity index is 2.28. The number of aromatic nitrogens is 1. The first-order chi connectivity index (χ1) is 12.3. The summed E-state index contributed by atoms with van der Waals surface area (Å²) in [5.74, 6) is 0. The molecule has 0 unspecified atom stereocenters. The molecule has 1 aromatic heterocycles. The van der Waals surface area contributed by atoms with Gasteiger partial charge in [-0.15, -0.1) is 0 Å². The zero-order valence-corrected chi connectivity index (χ0v) is 17.3. The Bertz CT molecular complexity index is 815. The number of H-pyrrole nitrogens is 1. The molecule has 0 aliphatic heterocycles. The van der Waals surface area contributed by atoms with Crippen molar-refractivity contribution in [3.05, 3.63) is 45.7 Å². The topological polar surface area (TPSA) is 52.6 Å². The molecule has 0 aliphatic carbocycles. The number of quaternary nitrogens is 1. The monoisotopic (exact) mass is 375 g/mol. The number of nitrogens with zero attached hydrogens (tertiary/aromatic N) is 1. The van der Waals surface area contributed by atoms with Gasteiger partial charge in [-0.2, -0.15) is 0 Å². The van der Waals surface area contributed by atoms with Gasteiger partial charge >= 0.3 is 0 Å². The van der Waals surface area contributed by atoms with Crippen LogP contribution in [0.3, 0.4) is 0 Å². The molecular weight excluding hydrogens is 344 g/mol. The maximum Gasteiger partial charge on any atom is 0.253 e. The summed E-state index contributed by atoms with van der Waals surface area (Å²) in [5, 5.41) is 5.14. The number of aromatic amines is 1. The van der Waals surface area contributed by atoms with Gasteiger partial charge in [-0.05, 0) is 56.1 Å². The molecule has 2 aromatic rings. The van der Waals surface area contributed by atoms with E-state index in [9.17, 15) is 4.79 Å². The zero-order valence-electron chi connectivity index (χ0n) is 16.5. The van der Waals surface area contributed by atoms with Gasteiger partial charge in [0, 0.05) is 17.1 Å². The lowest BCUT2D eigenvalue weighted by Gasteiger charge is -2.28. The molecule has 3 N–H and O–H groups in total. The van der Waals surface area contributed by atoms with Crippen molar-refractivity contribution >= 4 is 28.2 Å². The Kier molecular flexibility index (Phi) is 7.17. The highest BCUT2D eigenvalue weighted by Gasteiger charge is 2.15. The number of hydrogen-bond donors (Lipinski definition) is 3. The van der Waals surface area contributed by atoms with Gasteiger partial charge in [0.25, 0.3) is 5.56 Å². The number of likely N-dealkylation sites (N-methyl/N-ethyl adjacent to an activating group) is 1. The predicted octanol–water partition coefficient (Wildman–Crippen LogP) is 1.46. The fourth-order valence-corrected chi connectivity index (χ4v) is 3.07. The summed E-state index contributed by atoms with van der Waals surface area (Å²) in [6, 6.07) is 8.36. The minimum atomic E-state index is -0.0464. The SMILES string of the molecule is CC[C@@H](C)NC(=S)N(CC[NH+](C)C)Cc1cc2cc(C)ccc2[nH]c1=O. The fourth-order valence-electron chi connectivity index (χ4n) is 2.71. The molecule has 26 heavy (non-hydrogen) atoms. The molecule has 0 spiro atoms. The number of pyridine rings is 1. The molecule has 0 bridgehead atoms. The van der Waals surface area contributed by atoms with Crippen molar-refractivity contribution < 1.29 is 4.90 Å². The highest BCUT2D eigenvalue weighted by molar-refractivity contribution is 7.80. The molecule has 2 rings (SSSR count). The number of rotatable bonds is 7. The smallest absolute Gasteiger partial charge is 0.253 e. The molecule has 0 radical (unpaired) electrons. The summed E-state index contributed by atoms with van der Waals surface area (Å²) in [6.07, 6.45) is 1.00. The second kappa shape index (κ2) is 9.14. The minimum absolute atomic E-state index is 0.0464. The van der Waals surface area contributed by atoms with E-state index >= 15 is 0 Å². The highest BCUT2D eigenvalue weighted by Crippen LogP contribution is 2.14. The summed E-state index contributed by atoms with van der Waals surface area (Å²) >= 11 is 5.62. The number of nitrogens with one attached hydrogen (secondary N) is 3. The third-order valence-electron chi connectivity index (χ3n) is 4.59. The summed E-state index contributed by atoms with van der Waals surface area (Å²) < 4.78 is 0. The Morgan fingerprint density at radius 1 is 1.35 bits per heavy atom. The maximum absolute atomic E-state index is 12.5. The number of thiocarbonyl (C=S) groups is 1. The maximum atomic E-state index is 12.5. The van der Waals surface area contributed by atoms with Crippen LogP contribution < -0.4 is 15.8 Å². The van der Waals surface area contributed by atoms with Crippen molar-refractivity contribution in [2.24, 2.45) is 0 Å². The van der Waals surface area contributed by atoms with Gasteiger partial charge in [-0.1, -0.05) is 18.6 Å². The van der Waals surface area contributed by atoms with Crippen LogP contribution in [0, 0.1) is 6.92 Å². The van der Waals surface area contributed by atoms with Crippen LogP contribution >= 0.6 is 12.2 Å². The van der Waals surface area contributed by atoms with Gasteiger partial charge in [0.05, 0.1) is 33.7 Å². The van der Waals surface area contributed by atoms with E-state index in [1.54, 1.807) is 0 Å². The van der Waals surface area contributed by atoms with Crippen LogP contribution in [0.4, 0.5) is 0 Å². The van der Waals surface area contributed by atoms with E-state index in [-0.39, 0.29) is 5.56 Å². The van der Waals surface area contributed by atoms with Crippen molar-refractivity contribution in [2.45, 2.75) is 39.8 Å². The first-order valence-corrected chi connectivity index (χ1v) is 9.68. The van der Waals surface area contributed by atoms with Gasteiger partial charge in [0.2, 0.25) is 0 Å². The molecule has 0 fully saturated rings. The third-order valence-corrected chi connectivity index (χ3v) is 4.97. The molecule has 142 valence electrons. The van der Waals surface area contributed by atoms with Crippen LogP contribution in [0.25, 0.3) is 10.9 Å². The van der Waals surface area contributed by atoms with Crippen molar-refractivity contribution in [3.63, 3.8) is 0 Å². The number of hydrogen-bond acceptors (Lipinski definition) is 2. The van der Waals surface area contributed by atoms with Crippen molar-refractivity contribution in [3.8, 4) is 0 Å². The highest BCUT2D eigenvalue weighted by atomic mass is 32.1. The van der Waals surface area contributed by atoms with Crippen LogP contribution in [0.1, 0.15) is 31.4 Å². The Morgan fingerprint density at radius 2 is 2.08 bits per heavy atom. The van der Waals surface area contributed by atoms with E-state index in [0.717, 1.165) is 36.0 Å². The van der Waals surface area contributed by atoms with Crippen LogP contribution in [0.2, 0.25) is 0 Å². The molecule has 0 saturated carbocycles. The summed E-state index contributed by atoms with van der Waals surface area (Å²) in [6.45, 7) is 8.57. The molecule has 0 saturated heterocycles.